The molecule has 0 rings (SSSR count). The smallest absolute Gasteiger partial charge is 0.0654 e. The summed E-state index contributed by atoms with van der Waals surface area (Å²) >= 11 is 2.05. The van der Waals surface area contributed by atoms with Gasteiger partial charge >= 0.3 is 0 Å². The number of hydrogen-bond acceptors (Lipinski definition) is 2. The van der Waals surface area contributed by atoms with Crippen LogP contribution in [-0.4, -0.2) is 10.4 Å². The van der Waals surface area contributed by atoms with E-state index in [0.717, 1.165) is 11.3 Å². The Hall–Kier alpha value is -0.190. The number of hydrogen-bond donors (Lipinski definition) is 1. The van der Waals surface area contributed by atoms with Crippen molar-refractivity contribution >= 4 is 33.0 Å². The molecule has 0 aromatic carbocycles. The fourth-order valence-electron chi connectivity index (χ4n) is 0.279. The Morgan fingerprint density at radius 1 is 1.56 bits per heavy atom. The Kier molecular flexibility index (Phi) is 4.57. The first-order chi connectivity index (χ1) is 4.22. The van der Waals surface area contributed by atoms with E-state index in [1.54, 1.807) is 4.22 Å². The zero-order chi connectivity index (χ0) is 7.28. The molecule has 0 aliphatic rings. The number of nitrogens with one attached hydrogen (secondary N) is 1. The first kappa shape index (κ1) is 8.81. The van der Waals surface area contributed by atoms with Gasteiger partial charge in [0.05, 0.1) is 4.22 Å². The maximum atomic E-state index is 6.86. The lowest BCUT2D eigenvalue weighted by molar-refractivity contribution is 1.27. The molecule has 3 heteroatoms. The number of aliphatic imine (C=N–C) groups is 1. The number of halogens is 1. The minimum atomic E-state index is 0.902. The van der Waals surface area contributed by atoms with Crippen molar-refractivity contribution in [3.63, 3.8) is 0 Å². The lowest BCUT2D eigenvalue weighted by atomic mass is 10.3. The topological polar surface area (TPSA) is 36.2 Å². The lowest BCUT2D eigenvalue weighted by Crippen LogP contribution is -1.79. The molecule has 0 saturated heterocycles. The van der Waals surface area contributed by atoms with E-state index in [-0.39, 0.29) is 0 Å². The van der Waals surface area contributed by atoms with E-state index in [0.29, 0.717) is 0 Å². The maximum absolute atomic E-state index is 6.86. The Morgan fingerprint density at radius 3 is 2.44 bits per heavy atom. The highest BCUT2D eigenvalue weighted by atomic mass is 127. The minimum absolute atomic E-state index is 0.902. The van der Waals surface area contributed by atoms with E-state index in [4.69, 9.17) is 5.41 Å². The summed E-state index contributed by atoms with van der Waals surface area (Å²) < 4.78 is 1.69. The molecule has 0 aliphatic carbocycles. The largest absolute Gasteiger partial charge is 0.308 e. The zero-order valence-electron chi connectivity index (χ0n) is 5.48. The van der Waals surface area contributed by atoms with Crippen LogP contribution in [0.2, 0.25) is 0 Å². The third kappa shape index (κ3) is 3.40. The quantitative estimate of drug-likeness (QED) is 0.564. The van der Waals surface area contributed by atoms with Crippen molar-refractivity contribution in [1.82, 2.24) is 0 Å². The molecule has 0 amide bonds. The van der Waals surface area contributed by atoms with Gasteiger partial charge in [0, 0.05) is 11.9 Å². The fourth-order valence-corrected chi connectivity index (χ4v) is 0.697. The fraction of sp³-hybridized carbons (Fsp3) is 0.333. The second-order valence-corrected chi connectivity index (χ2v) is 2.20. The van der Waals surface area contributed by atoms with Crippen LogP contribution >= 0.6 is 22.6 Å². The highest BCUT2D eigenvalue weighted by Crippen LogP contribution is 2.00. The van der Waals surface area contributed by atoms with Gasteiger partial charge in [-0.05, 0) is 42.0 Å². The van der Waals surface area contributed by atoms with Crippen molar-refractivity contribution in [2.75, 3.05) is 0 Å². The zero-order valence-corrected chi connectivity index (χ0v) is 7.64. The van der Waals surface area contributed by atoms with Crippen LogP contribution in [0.1, 0.15) is 13.8 Å². The molecule has 0 saturated carbocycles. The molecule has 50 valence electrons. The molecule has 1 N–H and O–H groups in total. The van der Waals surface area contributed by atoms with E-state index in [2.05, 4.69) is 27.6 Å². The maximum Gasteiger partial charge on any atom is 0.0654 e. The summed E-state index contributed by atoms with van der Waals surface area (Å²) in [6.45, 7) is 3.75. The van der Waals surface area contributed by atoms with E-state index in [1.807, 2.05) is 13.8 Å². The van der Waals surface area contributed by atoms with Crippen LogP contribution in [0.25, 0.3) is 0 Å². The van der Waals surface area contributed by atoms with Crippen molar-refractivity contribution in [2.24, 2.45) is 4.99 Å². The molecule has 0 bridgehead atoms. The molecule has 0 aromatic rings. The Bertz CT molecular complexity index is 158. The van der Waals surface area contributed by atoms with Gasteiger partial charge in [-0.2, -0.15) is 0 Å². The van der Waals surface area contributed by atoms with Gasteiger partial charge in [0.15, 0.2) is 0 Å². The predicted octanol–water partition coefficient (Wildman–Crippen LogP) is 2.39. The Balaban J connectivity index is 4.27. The number of allylic oxidation sites excluding steroid dienone is 2. The van der Waals surface area contributed by atoms with Crippen LogP contribution in [0.4, 0.5) is 0 Å². The third-order valence-corrected chi connectivity index (χ3v) is 1.31. The van der Waals surface area contributed by atoms with Gasteiger partial charge in [0.2, 0.25) is 0 Å². The summed E-state index contributed by atoms with van der Waals surface area (Å²) in [6, 6.07) is 0. The van der Waals surface area contributed by atoms with Gasteiger partial charge in [0.25, 0.3) is 0 Å². The highest BCUT2D eigenvalue weighted by Gasteiger charge is 1.86. The van der Waals surface area contributed by atoms with Gasteiger partial charge < -0.3 is 5.41 Å². The van der Waals surface area contributed by atoms with Crippen LogP contribution in [0, 0.1) is 5.41 Å². The van der Waals surface area contributed by atoms with Gasteiger partial charge in [-0.25, -0.2) is 0 Å². The molecule has 0 fully saturated rings. The summed E-state index contributed by atoms with van der Waals surface area (Å²) in [5.74, 6) is 0. The SMILES string of the molecule is C/C(C=N)=C(C)/N=C\I. The molecule has 9 heavy (non-hydrogen) atoms. The molecule has 0 unspecified atom stereocenters. The first-order valence-electron chi connectivity index (χ1n) is 2.53. The Labute approximate surface area is 68.7 Å². The molecule has 0 spiro atoms. The summed E-state index contributed by atoms with van der Waals surface area (Å²) in [5, 5.41) is 6.86. The summed E-state index contributed by atoms with van der Waals surface area (Å²) in [5.41, 5.74) is 1.81. The number of nitrogens with zero attached hydrogens (tertiary/aromatic N) is 1. The van der Waals surface area contributed by atoms with Crippen molar-refractivity contribution < 1.29 is 0 Å². The van der Waals surface area contributed by atoms with E-state index < -0.39 is 0 Å². The van der Waals surface area contributed by atoms with Gasteiger partial charge in [-0.1, -0.05) is 0 Å². The van der Waals surface area contributed by atoms with Crippen molar-refractivity contribution in [3.05, 3.63) is 11.3 Å². The van der Waals surface area contributed by atoms with Crippen molar-refractivity contribution in [1.29, 1.82) is 5.41 Å². The Morgan fingerprint density at radius 2 is 2.11 bits per heavy atom. The standard InChI is InChI=1S/C6H9IN2/c1-5(3-8)6(2)9-4-7/h3-4,8H,1-2H3/b6-5-,8-3?,9-4-. The monoisotopic (exact) mass is 236 g/mol. The normalized spacial score (nSPS) is 13.7. The van der Waals surface area contributed by atoms with E-state index in [9.17, 15) is 0 Å². The summed E-state index contributed by atoms with van der Waals surface area (Å²) in [6.07, 6.45) is 1.30. The molecular formula is C6H9IN2. The van der Waals surface area contributed by atoms with Crippen LogP contribution in [0.15, 0.2) is 16.3 Å². The second kappa shape index (κ2) is 4.67. The molecule has 0 heterocycles. The van der Waals surface area contributed by atoms with Crippen LogP contribution in [0.5, 0.6) is 0 Å². The van der Waals surface area contributed by atoms with Gasteiger partial charge in [-0.3, -0.25) is 4.99 Å². The minimum Gasteiger partial charge on any atom is -0.308 e. The summed E-state index contributed by atoms with van der Waals surface area (Å²) in [7, 11) is 0. The van der Waals surface area contributed by atoms with E-state index >= 15 is 0 Å². The summed E-state index contributed by atoms with van der Waals surface area (Å²) in [4.78, 5) is 3.99. The second-order valence-electron chi connectivity index (χ2n) is 1.64. The average Bonchev–Trinajstić information content (AvgIpc) is 1.87. The predicted molar refractivity (Wildman–Crippen MR) is 49.7 cm³/mol. The molecule has 0 atom stereocenters. The first-order valence-corrected chi connectivity index (χ1v) is 3.77. The molecule has 2 nitrogen and oxygen atoms in total. The van der Waals surface area contributed by atoms with Crippen molar-refractivity contribution in [3.8, 4) is 0 Å². The molecular weight excluding hydrogens is 227 g/mol. The van der Waals surface area contributed by atoms with Crippen molar-refractivity contribution in [2.45, 2.75) is 13.8 Å². The van der Waals surface area contributed by atoms with E-state index in [1.165, 1.54) is 6.21 Å². The third-order valence-electron chi connectivity index (χ3n) is 1.03. The highest BCUT2D eigenvalue weighted by molar-refractivity contribution is 14.1. The molecule has 0 aliphatic heterocycles. The van der Waals surface area contributed by atoms with Crippen LogP contribution < -0.4 is 0 Å². The number of rotatable bonds is 2. The molecule has 0 aromatic heterocycles. The van der Waals surface area contributed by atoms with Crippen LogP contribution in [-0.2, 0) is 0 Å². The average molecular weight is 236 g/mol. The molecule has 0 radical (unpaired) electrons. The van der Waals surface area contributed by atoms with Gasteiger partial charge in [0.1, 0.15) is 0 Å². The van der Waals surface area contributed by atoms with Gasteiger partial charge in [-0.15, -0.1) is 0 Å². The lowest BCUT2D eigenvalue weighted by Gasteiger charge is -1.91. The van der Waals surface area contributed by atoms with Crippen LogP contribution in [0.3, 0.4) is 0 Å².